The molecular formula is C19H17ClFN3O3S2. The summed E-state index contributed by atoms with van der Waals surface area (Å²) in [4.78, 5) is 18.1. The third-order valence-corrected chi connectivity index (χ3v) is 5.77. The van der Waals surface area contributed by atoms with Gasteiger partial charge < -0.3 is 5.32 Å². The van der Waals surface area contributed by atoms with Gasteiger partial charge in [0.2, 0.25) is 10.0 Å². The second kappa shape index (κ2) is 8.10. The average Bonchev–Trinajstić information content (AvgIpc) is 2.94. The summed E-state index contributed by atoms with van der Waals surface area (Å²) in [5, 5.41) is 2.98. The quantitative estimate of drug-likeness (QED) is 0.578. The van der Waals surface area contributed by atoms with Crippen molar-refractivity contribution in [2.45, 2.75) is 13.8 Å². The maximum atomic E-state index is 13.3. The summed E-state index contributed by atoms with van der Waals surface area (Å²) in [7, 11) is -3.48. The molecule has 0 bridgehead atoms. The summed E-state index contributed by atoms with van der Waals surface area (Å²) in [5.41, 5.74) is 2.62. The van der Waals surface area contributed by atoms with Crippen molar-refractivity contribution in [3.05, 3.63) is 62.7 Å². The Morgan fingerprint density at radius 2 is 1.83 bits per heavy atom. The summed E-state index contributed by atoms with van der Waals surface area (Å²) in [6.45, 7) is 3.61. The van der Waals surface area contributed by atoms with Gasteiger partial charge in [-0.2, -0.15) is 0 Å². The lowest BCUT2D eigenvalue weighted by Gasteiger charge is -2.09. The van der Waals surface area contributed by atoms with Gasteiger partial charge in [-0.25, -0.2) is 12.8 Å². The number of hydrogen-bond acceptors (Lipinski definition) is 5. The first-order chi connectivity index (χ1) is 13.5. The smallest absolute Gasteiger partial charge is 0.265 e. The third kappa shape index (κ3) is 5.31. The maximum absolute atomic E-state index is 13.3. The van der Waals surface area contributed by atoms with Crippen LogP contribution in [0.3, 0.4) is 0 Å². The van der Waals surface area contributed by atoms with E-state index in [1.165, 1.54) is 35.6 Å². The molecule has 6 nitrogen and oxygen atoms in total. The Hall–Kier alpha value is -2.49. The van der Waals surface area contributed by atoms with Crippen molar-refractivity contribution in [2.75, 3.05) is 16.3 Å². The van der Waals surface area contributed by atoms with E-state index in [1.807, 2.05) is 6.92 Å². The zero-order valence-corrected chi connectivity index (χ0v) is 18.1. The standard InChI is InChI=1S/C19H17ClFN3O3S2/c1-10-4-13(21)9-22-18(10)16-8-17(28-11(16)2)19(25)23-14-5-12(20)6-15(7-14)24-29(3,26)27/h4-9,24H,1-3H3,(H,23,25). The molecule has 0 fully saturated rings. The van der Waals surface area contributed by atoms with Gasteiger partial charge >= 0.3 is 0 Å². The molecule has 0 atom stereocenters. The van der Waals surface area contributed by atoms with E-state index in [-0.39, 0.29) is 16.6 Å². The van der Waals surface area contributed by atoms with Gasteiger partial charge in [0.1, 0.15) is 5.82 Å². The fraction of sp³-hybridized carbons (Fsp3) is 0.158. The molecule has 0 aliphatic heterocycles. The molecule has 2 aromatic heterocycles. The number of carbonyl (C=O) groups is 1. The first-order valence-corrected chi connectivity index (χ1v) is 11.4. The lowest BCUT2D eigenvalue weighted by atomic mass is 10.1. The van der Waals surface area contributed by atoms with Crippen LogP contribution in [0.4, 0.5) is 15.8 Å². The lowest BCUT2D eigenvalue weighted by Crippen LogP contribution is -2.12. The van der Waals surface area contributed by atoms with Crippen molar-refractivity contribution in [1.29, 1.82) is 0 Å². The monoisotopic (exact) mass is 453 g/mol. The van der Waals surface area contributed by atoms with Crippen molar-refractivity contribution >= 4 is 50.2 Å². The first-order valence-electron chi connectivity index (χ1n) is 8.34. The summed E-state index contributed by atoms with van der Waals surface area (Å²) in [5.74, 6) is -0.798. The predicted molar refractivity (Wildman–Crippen MR) is 115 cm³/mol. The molecular weight excluding hydrogens is 437 g/mol. The van der Waals surface area contributed by atoms with Crippen LogP contribution in [-0.2, 0) is 10.0 Å². The van der Waals surface area contributed by atoms with E-state index in [1.54, 1.807) is 13.0 Å². The number of carbonyl (C=O) groups excluding carboxylic acids is 1. The fourth-order valence-electron chi connectivity index (χ4n) is 2.78. The van der Waals surface area contributed by atoms with Crippen molar-refractivity contribution in [1.82, 2.24) is 4.98 Å². The number of hydrogen-bond donors (Lipinski definition) is 2. The van der Waals surface area contributed by atoms with Crippen LogP contribution < -0.4 is 10.0 Å². The Kier molecular flexibility index (Phi) is 5.92. The zero-order chi connectivity index (χ0) is 21.3. The number of halogens is 2. The van der Waals surface area contributed by atoms with Crippen molar-refractivity contribution in [3.63, 3.8) is 0 Å². The Bertz CT molecular complexity index is 1210. The summed E-state index contributed by atoms with van der Waals surface area (Å²) in [6, 6.07) is 7.51. The van der Waals surface area contributed by atoms with Crippen molar-refractivity contribution in [3.8, 4) is 11.3 Å². The summed E-state index contributed by atoms with van der Waals surface area (Å²) in [6.07, 6.45) is 2.16. The molecule has 152 valence electrons. The van der Waals surface area contributed by atoms with Gasteiger partial charge in [0.05, 0.1) is 28.7 Å². The number of amides is 1. The Balaban J connectivity index is 1.87. The molecule has 10 heteroatoms. The van der Waals surface area contributed by atoms with Crippen LogP contribution in [0.5, 0.6) is 0 Å². The van der Waals surface area contributed by atoms with Gasteiger partial charge in [0.25, 0.3) is 5.91 Å². The molecule has 2 heterocycles. The number of aromatic nitrogens is 1. The number of aryl methyl sites for hydroxylation is 2. The van der Waals surface area contributed by atoms with Crippen LogP contribution in [0.2, 0.25) is 5.02 Å². The highest BCUT2D eigenvalue weighted by Crippen LogP contribution is 2.32. The minimum atomic E-state index is -3.48. The van der Waals surface area contributed by atoms with Gasteiger partial charge in [-0.1, -0.05) is 11.6 Å². The minimum Gasteiger partial charge on any atom is -0.321 e. The van der Waals surface area contributed by atoms with Crippen LogP contribution in [0.1, 0.15) is 20.1 Å². The van der Waals surface area contributed by atoms with Crippen LogP contribution in [0.25, 0.3) is 11.3 Å². The van der Waals surface area contributed by atoms with Gasteiger partial charge in [0.15, 0.2) is 0 Å². The van der Waals surface area contributed by atoms with E-state index in [0.717, 1.165) is 22.9 Å². The normalized spacial score (nSPS) is 11.3. The number of benzene rings is 1. The van der Waals surface area contributed by atoms with E-state index in [0.29, 0.717) is 21.8 Å². The topological polar surface area (TPSA) is 88.2 Å². The van der Waals surface area contributed by atoms with Gasteiger partial charge in [-0.05, 0) is 49.7 Å². The molecule has 0 spiro atoms. The van der Waals surface area contributed by atoms with Crippen LogP contribution in [0, 0.1) is 19.7 Å². The van der Waals surface area contributed by atoms with Crippen LogP contribution >= 0.6 is 22.9 Å². The van der Waals surface area contributed by atoms with Gasteiger partial charge in [-0.15, -0.1) is 11.3 Å². The Morgan fingerprint density at radius 3 is 2.48 bits per heavy atom. The largest absolute Gasteiger partial charge is 0.321 e. The molecule has 1 aromatic carbocycles. The second-order valence-corrected chi connectivity index (χ2v) is 9.90. The number of thiophene rings is 1. The number of rotatable bonds is 5. The molecule has 3 aromatic rings. The molecule has 0 unspecified atom stereocenters. The lowest BCUT2D eigenvalue weighted by molar-refractivity contribution is 0.103. The highest BCUT2D eigenvalue weighted by atomic mass is 35.5. The predicted octanol–water partition coefficient (Wildman–Crippen LogP) is 4.84. The second-order valence-electron chi connectivity index (χ2n) is 6.46. The third-order valence-electron chi connectivity index (χ3n) is 3.90. The SMILES string of the molecule is Cc1cc(F)cnc1-c1cc(C(=O)Nc2cc(Cl)cc(NS(C)(=O)=O)c2)sc1C. The van der Waals surface area contributed by atoms with Gasteiger partial charge in [-0.3, -0.25) is 14.5 Å². The average molecular weight is 454 g/mol. The van der Waals surface area contributed by atoms with Crippen LogP contribution in [-0.4, -0.2) is 25.6 Å². The van der Waals surface area contributed by atoms with Crippen molar-refractivity contribution < 1.29 is 17.6 Å². The Labute approximate surface area is 176 Å². The van der Waals surface area contributed by atoms with Gasteiger partial charge in [0, 0.05) is 21.2 Å². The molecule has 29 heavy (non-hydrogen) atoms. The minimum absolute atomic E-state index is 0.240. The fourth-order valence-corrected chi connectivity index (χ4v) is 4.48. The molecule has 3 rings (SSSR count). The molecule has 0 aliphatic carbocycles. The van der Waals surface area contributed by atoms with Crippen molar-refractivity contribution in [2.24, 2.45) is 0 Å². The number of nitrogens with zero attached hydrogens (tertiary/aromatic N) is 1. The number of pyridine rings is 1. The van der Waals surface area contributed by atoms with E-state index in [4.69, 9.17) is 11.6 Å². The molecule has 0 radical (unpaired) electrons. The molecule has 0 aliphatic rings. The maximum Gasteiger partial charge on any atom is 0.265 e. The number of sulfonamides is 1. The molecule has 0 saturated heterocycles. The van der Waals surface area contributed by atoms with E-state index < -0.39 is 15.8 Å². The molecule has 2 N–H and O–H groups in total. The number of anilines is 2. The molecule has 0 saturated carbocycles. The van der Waals surface area contributed by atoms with Crippen LogP contribution in [0.15, 0.2) is 36.5 Å². The first kappa shape index (κ1) is 21.2. The summed E-state index contributed by atoms with van der Waals surface area (Å²) >= 11 is 7.30. The van der Waals surface area contributed by atoms with E-state index in [2.05, 4.69) is 15.0 Å². The highest BCUT2D eigenvalue weighted by Gasteiger charge is 2.17. The number of nitrogens with one attached hydrogen (secondary N) is 2. The highest BCUT2D eigenvalue weighted by molar-refractivity contribution is 7.92. The Morgan fingerprint density at radius 1 is 1.14 bits per heavy atom. The summed E-state index contributed by atoms with van der Waals surface area (Å²) < 4.78 is 38.5. The van der Waals surface area contributed by atoms with E-state index in [9.17, 15) is 17.6 Å². The molecule has 1 amide bonds. The van der Waals surface area contributed by atoms with E-state index >= 15 is 0 Å². The zero-order valence-electron chi connectivity index (χ0n) is 15.7.